The van der Waals surface area contributed by atoms with Crippen LogP contribution in [0.25, 0.3) is 0 Å². The first-order chi connectivity index (χ1) is 22.2. The number of ether oxygens (including phenoxy) is 2. The average molecular weight is 644 g/mol. The summed E-state index contributed by atoms with van der Waals surface area (Å²) in [6.45, 7) is 5.65. The van der Waals surface area contributed by atoms with Gasteiger partial charge in [-0.25, -0.2) is 8.42 Å². The van der Waals surface area contributed by atoms with Crippen LogP contribution in [0, 0.1) is 6.92 Å². The highest BCUT2D eigenvalue weighted by Crippen LogP contribution is 2.29. The summed E-state index contributed by atoms with van der Waals surface area (Å²) in [6, 6.07) is 28.6. The predicted octanol–water partition coefficient (Wildman–Crippen LogP) is 6.32. The van der Waals surface area contributed by atoms with Gasteiger partial charge in [0, 0.05) is 13.1 Å². The summed E-state index contributed by atoms with van der Waals surface area (Å²) >= 11 is 0. The lowest BCUT2D eigenvalue weighted by Crippen LogP contribution is -2.52. The van der Waals surface area contributed by atoms with Crippen LogP contribution in [0.5, 0.6) is 17.2 Å². The molecule has 0 radical (unpaired) electrons. The number of hydrogen-bond donors (Lipinski definition) is 1. The van der Waals surface area contributed by atoms with Crippen molar-refractivity contribution in [3.63, 3.8) is 0 Å². The third-order valence-electron chi connectivity index (χ3n) is 7.41. The number of hydrogen-bond acceptors (Lipinski definition) is 6. The van der Waals surface area contributed by atoms with Crippen LogP contribution in [0.3, 0.4) is 0 Å². The van der Waals surface area contributed by atoms with Crippen molar-refractivity contribution in [3.05, 3.63) is 114 Å². The lowest BCUT2D eigenvalue weighted by molar-refractivity contribution is -0.140. The third kappa shape index (κ3) is 8.66. The van der Waals surface area contributed by atoms with E-state index in [0.717, 1.165) is 21.9 Å². The lowest BCUT2D eigenvalue weighted by atomic mass is 10.1. The number of nitrogens with one attached hydrogen (secondary N) is 1. The fourth-order valence-electron chi connectivity index (χ4n) is 4.92. The van der Waals surface area contributed by atoms with E-state index in [2.05, 4.69) is 5.32 Å². The minimum Gasteiger partial charge on any atom is -0.497 e. The van der Waals surface area contributed by atoms with Crippen LogP contribution in [0.15, 0.2) is 108 Å². The molecule has 0 aromatic heterocycles. The summed E-state index contributed by atoms with van der Waals surface area (Å²) in [5, 5.41) is 2.90. The van der Waals surface area contributed by atoms with Crippen LogP contribution in [-0.4, -0.2) is 51.4 Å². The van der Waals surface area contributed by atoms with Gasteiger partial charge in [0.25, 0.3) is 10.0 Å². The van der Waals surface area contributed by atoms with E-state index >= 15 is 0 Å². The minimum absolute atomic E-state index is 0.0441. The maximum atomic E-state index is 14.3. The molecule has 0 bridgehead atoms. The number of methoxy groups -OCH3 is 1. The van der Waals surface area contributed by atoms with Gasteiger partial charge in [-0.2, -0.15) is 0 Å². The number of benzene rings is 4. The second-order valence-corrected chi connectivity index (χ2v) is 12.7. The Labute approximate surface area is 271 Å². The smallest absolute Gasteiger partial charge is 0.264 e. The van der Waals surface area contributed by atoms with Gasteiger partial charge in [-0.1, -0.05) is 61.9 Å². The quantitative estimate of drug-likeness (QED) is 0.163. The lowest BCUT2D eigenvalue weighted by Gasteiger charge is -2.33. The second kappa shape index (κ2) is 15.9. The van der Waals surface area contributed by atoms with E-state index < -0.39 is 28.5 Å². The van der Waals surface area contributed by atoms with Gasteiger partial charge in [0.05, 0.1) is 17.7 Å². The Kier molecular flexibility index (Phi) is 11.8. The Morgan fingerprint density at radius 2 is 1.48 bits per heavy atom. The number of rotatable bonds is 15. The Morgan fingerprint density at radius 1 is 0.826 bits per heavy atom. The highest BCUT2D eigenvalue weighted by atomic mass is 32.2. The average Bonchev–Trinajstić information content (AvgIpc) is 3.07. The first-order valence-electron chi connectivity index (χ1n) is 15.3. The Hall–Kier alpha value is -4.83. The van der Waals surface area contributed by atoms with E-state index in [1.807, 2.05) is 63.2 Å². The van der Waals surface area contributed by atoms with E-state index in [1.54, 1.807) is 55.6 Å². The third-order valence-corrected chi connectivity index (χ3v) is 9.20. The topological polar surface area (TPSA) is 105 Å². The number of para-hydroxylation sites is 1. The van der Waals surface area contributed by atoms with E-state index in [0.29, 0.717) is 30.2 Å². The highest BCUT2D eigenvalue weighted by molar-refractivity contribution is 7.92. The van der Waals surface area contributed by atoms with Crippen LogP contribution in [0.2, 0.25) is 0 Å². The summed E-state index contributed by atoms with van der Waals surface area (Å²) < 4.78 is 40.7. The maximum Gasteiger partial charge on any atom is 0.264 e. The fraction of sp³-hybridized carbons (Fsp3) is 0.278. The minimum atomic E-state index is -4.20. The van der Waals surface area contributed by atoms with Crippen molar-refractivity contribution in [2.45, 2.75) is 51.1 Å². The van der Waals surface area contributed by atoms with Crippen molar-refractivity contribution >= 4 is 27.5 Å². The number of carbonyl (C=O) groups excluding carboxylic acids is 2. The molecule has 0 unspecified atom stereocenters. The zero-order valence-electron chi connectivity index (χ0n) is 26.7. The van der Waals surface area contributed by atoms with Crippen molar-refractivity contribution in [1.29, 1.82) is 0 Å². The highest BCUT2D eigenvalue weighted by Gasteiger charge is 2.33. The van der Waals surface area contributed by atoms with Gasteiger partial charge < -0.3 is 19.7 Å². The number of sulfonamides is 1. The van der Waals surface area contributed by atoms with Crippen molar-refractivity contribution in [2.75, 3.05) is 24.5 Å². The molecule has 0 heterocycles. The maximum absolute atomic E-state index is 14.3. The number of carbonyl (C=O) groups is 2. The summed E-state index contributed by atoms with van der Waals surface area (Å²) in [5.41, 5.74) is 1.92. The van der Waals surface area contributed by atoms with Crippen LogP contribution >= 0.6 is 0 Å². The number of amides is 2. The number of nitrogens with zero attached hydrogens (tertiary/aromatic N) is 2. The molecule has 4 rings (SSSR count). The Balaban J connectivity index is 1.73. The normalized spacial score (nSPS) is 11.7. The summed E-state index contributed by atoms with van der Waals surface area (Å²) in [6.07, 6.45) is 1.07. The molecule has 0 aliphatic heterocycles. The second-order valence-electron chi connectivity index (χ2n) is 10.8. The van der Waals surface area contributed by atoms with E-state index in [4.69, 9.17) is 9.47 Å². The van der Waals surface area contributed by atoms with Crippen molar-refractivity contribution < 1.29 is 27.5 Å². The zero-order chi connectivity index (χ0) is 33.1. The standard InChI is InChI=1S/C36H41N3O6S/c1-5-23-37-36(41)34(6-2)38(25-28-11-10-14-32(24-28)44-4)35(40)26-39(46(42,43)33-21-15-27(3)16-22-33)29-17-19-31(20-18-29)45-30-12-8-7-9-13-30/h7-22,24,34H,5-6,23,25-26H2,1-4H3,(H,37,41)/t34-/m1/s1. The van der Waals surface area contributed by atoms with Crippen LogP contribution in [0.1, 0.15) is 37.8 Å². The van der Waals surface area contributed by atoms with Crippen molar-refractivity contribution in [1.82, 2.24) is 10.2 Å². The molecule has 4 aromatic carbocycles. The van der Waals surface area contributed by atoms with Gasteiger partial charge in [0.1, 0.15) is 29.8 Å². The van der Waals surface area contributed by atoms with Gasteiger partial charge >= 0.3 is 0 Å². The molecule has 46 heavy (non-hydrogen) atoms. The molecule has 0 fully saturated rings. The van der Waals surface area contributed by atoms with E-state index in [1.165, 1.54) is 17.0 Å². The molecular weight excluding hydrogens is 602 g/mol. The molecule has 1 N–H and O–H groups in total. The van der Waals surface area contributed by atoms with Gasteiger partial charge in [0.15, 0.2) is 0 Å². The van der Waals surface area contributed by atoms with Gasteiger partial charge in [-0.3, -0.25) is 13.9 Å². The van der Waals surface area contributed by atoms with Crippen molar-refractivity contribution in [3.8, 4) is 17.2 Å². The molecule has 10 heteroatoms. The monoisotopic (exact) mass is 643 g/mol. The van der Waals surface area contributed by atoms with Crippen LogP contribution in [0.4, 0.5) is 5.69 Å². The molecule has 0 saturated heterocycles. The largest absolute Gasteiger partial charge is 0.497 e. The summed E-state index contributed by atoms with van der Waals surface area (Å²) in [4.78, 5) is 29.1. The number of anilines is 1. The molecular formula is C36H41N3O6S. The Morgan fingerprint density at radius 3 is 2.11 bits per heavy atom. The van der Waals surface area contributed by atoms with E-state index in [9.17, 15) is 18.0 Å². The molecule has 1 atom stereocenters. The molecule has 0 aliphatic carbocycles. The molecule has 2 amide bonds. The van der Waals surface area contributed by atoms with Gasteiger partial charge in [-0.15, -0.1) is 0 Å². The Bertz CT molecular complexity index is 1690. The van der Waals surface area contributed by atoms with Crippen LogP contribution in [-0.2, 0) is 26.2 Å². The molecule has 0 saturated carbocycles. The SMILES string of the molecule is CCCNC(=O)[C@@H](CC)N(Cc1cccc(OC)c1)C(=O)CN(c1ccc(Oc2ccccc2)cc1)S(=O)(=O)c1ccc(C)cc1. The first kappa shape index (κ1) is 34.1. The van der Waals surface area contributed by atoms with E-state index in [-0.39, 0.29) is 23.0 Å². The summed E-state index contributed by atoms with van der Waals surface area (Å²) in [5.74, 6) is 0.925. The van der Waals surface area contributed by atoms with Crippen molar-refractivity contribution in [2.24, 2.45) is 0 Å². The predicted molar refractivity (Wildman–Crippen MR) is 180 cm³/mol. The summed E-state index contributed by atoms with van der Waals surface area (Å²) in [7, 11) is -2.64. The molecule has 242 valence electrons. The molecule has 4 aromatic rings. The van der Waals surface area contributed by atoms with Gasteiger partial charge in [0.2, 0.25) is 11.8 Å². The van der Waals surface area contributed by atoms with Crippen LogP contribution < -0.4 is 19.1 Å². The molecule has 0 aliphatic rings. The molecule has 9 nitrogen and oxygen atoms in total. The number of aryl methyl sites for hydroxylation is 1. The fourth-order valence-corrected chi connectivity index (χ4v) is 6.34. The molecule has 0 spiro atoms. The first-order valence-corrected chi connectivity index (χ1v) is 16.7. The zero-order valence-corrected chi connectivity index (χ0v) is 27.5. The van der Waals surface area contributed by atoms with Gasteiger partial charge in [-0.05, 0) is 86.0 Å².